The van der Waals surface area contributed by atoms with Crippen LogP contribution in [0, 0.1) is 18.2 Å². The number of hydrogen-bond donors (Lipinski definition) is 2. The largest absolute Gasteiger partial charge is 0.349 e. The minimum atomic E-state index is -0.619. The van der Waals surface area contributed by atoms with Crippen LogP contribution in [0.1, 0.15) is 48.8 Å². The number of hydrogen-bond acceptors (Lipinski definition) is 3. The second kappa shape index (κ2) is 6.07. The van der Waals surface area contributed by atoms with Gasteiger partial charge in [0.05, 0.1) is 17.4 Å². The Balaban J connectivity index is 1.42. The summed E-state index contributed by atoms with van der Waals surface area (Å²) in [7, 11) is 0. The molecule has 138 valence electrons. The van der Waals surface area contributed by atoms with Crippen LogP contribution in [0.15, 0.2) is 12.3 Å². The Kier molecular flexibility index (Phi) is 3.97. The van der Waals surface area contributed by atoms with Gasteiger partial charge in [-0.1, -0.05) is 0 Å². The van der Waals surface area contributed by atoms with Gasteiger partial charge in [-0.05, 0) is 51.0 Å². The van der Waals surface area contributed by atoms with Crippen LogP contribution in [-0.2, 0) is 4.79 Å². The van der Waals surface area contributed by atoms with Gasteiger partial charge in [-0.2, -0.15) is 0 Å². The Bertz CT molecular complexity index is 877. The molecule has 2 fully saturated rings. The average Bonchev–Trinajstić information content (AvgIpc) is 3.23. The van der Waals surface area contributed by atoms with Crippen LogP contribution in [0.2, 0.25) is 0 Å². The zero-order valence-electron chi connectivity index (χ0n) is 15.1. The number of pyridine rings is 1. The number of aromatic nitrogens is 2. The second-order valence-corrected chi connectivity index (χ2v) is 7.69. The van der Waals surface area contributed by atoms with Gasteiger partial charge in [0.1, 0.15) is 11.7 Å². The molecule has 0 bridgehead atoms. The van der Waals surface area contributed by atoms with Gasteiger partial charge in [0.2, 0.25) is 5.91 Å². The quantitative estimate of drug-likeness (QED) is 0.885. The predicted octanol–water partition coefficient (Wildman–Crippen LogP) is 2.53. The second-order valence-electron chi connectivity index (χ2n) is 7.69. The number of amides is 2. The van der Waals surface area contributed by atoms with Crippen LogP contribution in [0.25, 0.3) is 10.9 Å². The first kappa shape index (κ1) is 17.0. The SMILES string of the molecule is Cc1ncc2[nH]c(C(=O)N[C@H](C)C(=O)N3CCC4(CC3)CC4)cc2c1F. The molecule has 1 aliphatic heterocycles. The van der Waals surface area contributed by atoms with Crippen LogP contribution >= 0.6 is 0 Å². The van der Waals surface area contributed by atoms with E-state index >= 15 is 0 Å². The van der Waals surface area contributed by atoms with E-state index in [2.05, 4.69) is 15.3 Å². The molecule has 1 spiro atoms. The van der Waals surface area contributed by atoms with Crippen molar-refractivity contribution in [2.24, 2.45) is 5.41 Å². The third-order valence-electron chi connectivity index (χ3n) is 5.85. The van der Waals surface area contributed by atoms with Crippen molar-refractivity contribution in [2.45, 2.75) is 45.6 Å². The number of aryl methyl sites for hydroxylation is 1. The highest BCUT2D eigenvalue weighted by molar-refractivity contribution is 6.00. The number of H-pyrrole nitrogens is 1. The van der Waals surface area contributed by atoms with Crippen molar-refractivity contribution < 1.29 is 14.0 Å². The maximum absolute atomic E-state index is 14.1. The number of nitrogens with zero attached hydrogens (tertiary/aromatic N) is 2. The molecule has 6 nitrogen and oxygen atoms in total. The number of piperidine rings is 1. The van der Waals surface area contributed by atoms with Crippen LogP contribution in [0.4, 0.5) is 4.39 Å². The summed E-state index contributed by atoms with van der Waals surface area (Å²) >= 11 is 0. The lowest BCUT2D eigenvalue weighted by molar-refractivity contribution is -0.134. The number of carbonyl (C=O) groups excluding carboxylic acids is 2. The van der Waals surface area contributed by atoms with Crippen molar-refractivity contribution in [1.29, 1.82) is 0 Å². The van der Waals surface area contributed by atoms with Crippen molar-refractivity contribution in [3.63, 3.8) is 0 Å². The van der Waals surface area contributed by atoms with Gasteiger partial charge < -0.3 is 15.2 Å². The molecule has 2 aromatic rings. The highest BCUT2D eigenvalue weighted by Crippen LogP contribution is 2.53. The summed E-state index contributed by atoms with van der Waals surface area (Å²) in [5, 5.41) is 3.05. The molecule has 2 aliphatic rings. The van der Waals surface area contributed by atoms with E-state index in [0.717, 1.165) is 25.9 Å². The number of nitrogens with one attached hydrogen (secondary N) is 2. The number of likely N-dealkylation sites (tertiary alicyclic amines) is 1. The maximum Gasteiger partial charge on any atom is 0.268 e. The molecular weight excluding hydrogens is 335 g/mol. The fraction of sp³-hybridized carbons (Fsp3) is 0.526. The summed E-state index contributed by atoms with van der Waals surface area (Å²) in [6, 6.07) is 0.843. The number of fused-ring (bicyclic) bond motifs is 1. The Morgan fingerprint density at radius 2 is 2.00 bits per heavy atom. The fourth-order valence-electron chi connectivity index (χ4n) is 3.78. The monoisotopic (exact) mass is 358 g/mol. The highest BCUT2D eigenvalue weighted by atomic mass is 19.1. The van der Waals surface area contributed by atoms with Gasteiger partial charge >= 0.3 is 0 Å². The molecule has 1 atom stereocenters. The molecular formula is C19H23FN4O2. The zero-order chi connectivity index (χ0) is 18.5. The lowest BCUT2D eigenvalue weighted by Gasteiger charge is -2.33. The van der Waals surface area contributed by atoms with Crippen LogP contribution in [-0.4, -0.2) is 45.8 Å². The van der Waals surface area contributed by atoms with Gasteiger partial charge in [0.25, 0.3) is 5.91 Å². The van der Waals surface area contributed by atoms with E-state index in [1.165, 1.54) is 25.1 Å². The van der Waals surface area contributed by atoms with Gasteiger partial charge in [-0.3, -0.25) is 14.6 Å². The van der Waals surface area contributed by atoms with Crippen molar-refractivity contribution in [1.82, 2.24) is 20.2 Å². The van der Waals surface area contributed by atoms with Crippen LogP contribution in [0.3, 0.4) is 0 Å². The molecule has 3 heterocycles. The molecule has 1 saturated heterocycles. The van der Waals surface area contributed by atoms with Gasteiger partial charge in [-0.25, -0.2) is 4.39 Å². The topological polar surface area (TPSA) is 78.1 Å². The third-order valence-corrected chi connectivity index (χ3v) is 5.85. The Morgan fingerprint density at radius 1 is 1.31 bits per heavy atom. The van der Waals surface area contributed by atoms with Gasteiger partial charge in [0, 0.05) is 18.5 Å². The number of halogens is 1. The lowest BCUT2D eigenvalue weighted by atomic mass is 9.93. The average molecular weight is 358 g/mol. The Hall–Kier alpha value is -2.44. The van der Waals surface area contributed by atoms with Crippen LogP contribution in [0.5, 0.6) is 0 Å². The summed E-state index contributed by atoms with van der Waals surface area (Å²) in [4.78, 5) is 33.7. The molecule has 1 saturated carbocycles. The normalized spacial score (nSPS) is 19.6. The van der Waals surface area contributed by atoms with Crippen molar-refractivity contribution in [2.75, 3.05) is 13.1 Å². The Labute approximate surface area is 151 Å². The molecule has 1 aliphatic carbocycles. The molecule has 0 unspecified atom stereocenters. The summed E-state index contributed by atoms with van der Waals surface area (Å²) in [6.45, 7) is 4.80. The van der Waals surface area contributed by atoms with Crippen molar-refractivity contribution in [3.8, 4) is 0 Å². The van der Waals surface area contributed by atoms with E-state index in [1.807, 2.05) is 4.90 Å². The molecule has 2 N–H and O–H groups in total. The summed E-state index contributed by atoms with van der Waals surface area (Å²) in [5.41, 5.74) is 1.47. The molecule has 7 heteroatoms. The number of aromatic amines is 1. The first-order chi connectivity index (χ1) is 12.4. The minimum absolute atomic E-state index is 0.0614. The van der Waals surface area contributed by atoms with E-state index in [-0.39, 0.29) is 17.3 Å². The van der Waals surface area contributed by atoms with Crippen molar-refractivity contribution >= 4 is 22.7 Å². The van der Waals surface area contributed by atoms with E-state index in [4.69, 9.17) is 0 Å². The molecule has 0 radical (unpaired) electrons. The van der Waals surface area contributed by atoms with Crippen molar-refractivity contribution in [3.05, 3.63) is 29.5 Å². The minimum Gasteiger partial charge on any atom is -0.349 e. The highest BCUT2D eigenvalue weighted by Gasteiger charge is 2.45. The number of rotatable bonds is 3. The smallest absolute Gasteiger partial charge is 0.268 e. The zero-order valence-corrected chi connectivity index (χ0v) is 15.1. The molecule has 2 aromatic heterocycles. The maximum atomic E-state index is 14.1. The van der Waals surface area contributed by atoms with Crippen LogP contribution < -0.4 is 5.32 Å². The van der Waals surface area contributed by atoms with E-state index in [1.54, 1.807) is 13.8 Å². The molecule has 4 rings (SSSR count). The molecule has 26 heavy (non-hydrogen) atoms. The summed E-state index contributed by atoms with van der Waals surface area (Å²) in [5.74, 6) is -0.923. The van der Waals surface area contributed by atoms with Gasteiger partial charge in [0.15, 0.2) is 5.82 Å². The standard InChI is InChI=1S/C19H23FN4O2/c1-11-16(20)13-9-14(23-15(13)10-21-11)17(25)22-12(2)18(26)24-7-5-19(3-4-19)6-8-24/h9-10,12,23H,3-8H2,1-2H3,(H,22,25)/t12-/m1/s1. The first-order valence-electron chi connectivity index (χ1n) is 9.12. The predicted molar refractivity (Wildman–Crippen MR) is 95.2 cm³/mol. The Morgan fingerprint density at radius 3 is 2.65 bits per heavy atom. The van der Waals surface area contributed by atoms with Gasteiger partial charge in [-0.15, -0.1) is 0 Å². The van der Waals surface area contributed by atoms with E-state index in [9.17, 15) is 14.0 Å². The fourth-order valence-corrected chi connectivity index (χ4v) is 3.78. The summed E-state index contributed by atoms with van der Waals surface area (Å²) < 4.78 is 14.1. The summed E-state index contributed by atoms with van der Waals surface area (Å²) in [6.07, 6.45) is 6.19. The molecule has 2 amide bonds. The lowest BCUT2D eigenvalue weighted by Crippen LogP contribution is -2.49. The number of carbonyl (C=O) groups is 2. The molecule has 0 aromatic carbocycles. The first-order valence-corrected chi connectivity index (χ1v) is 9.12. The van der Waals surface area contributed by atoms with E-state index in [0.29, 0.717) is 16.3 Å². The van der Waals surface area contributed by atoms with E-state index < -0.39 is 17.8 Å². The third kappa shape index (κ3) is 2.95.